The van der Waals surface area contributed by atoms with Crippen LogP contribution in [-0.2, 0) is 4.79 Å². The number of carbonyl (C=O) groups excluding carboxylic acids is 1. The summed E-state index contributed by atoms with van der Waals surface area (Å²) in [6.07, 6.45) is -4.35. The van der Waals surface area contributed by atoms with Gasteiger partial charge in [0.1, 0.15) is 6.54 Å². The van der Waals surface area contributed by atoms with Crippen LogP contribution in [0.1, 0.15) is 19.8 Å². The van der Waals surface area contributed by atoms with Gasteiger partial charge in [-0.15, -0.1) is 0 Å². The van der Waals surface area contributed by atoms with Gasteiger partial charge in [0.15, 0.2) is 0 Å². The van der Waals surface area contributed by atoms with E-state index in [-0.39, 0.29) is 25.9 Å². The summed E-state index contributed by atoms with van der Waals surface area (Å²) in [6.45, 7) is 0.210. The molecule has 0 fully saturated rings. The van der Waals surface area contributed by atoms with Crippen molar-refractivity contribution in [1.29, 1.82) is 0 Å². The number of halogens is 3. The predicted molar refractivity (Wildman–Crippen MR) is 58.2 cm³/mol. The maximum Gasteiger partial charge on any atom is 0.406 e. The standard InChI is InChI=1S/C10H17F3N2O3/c1-3-15(7-10(11,12)13)9(18)14(2)6-4-5-8(16)17/h3-7H2,1-2H3,(H,16,17). The second-order valence-electron chi connectivity index (χ2n) is 3.83. The van der Waals surface area contributed by atoms with Crippen LogP contribution >= 0.6 is 0 Å². The number of hydrogen-bond donors (Lipinski definition) is 1. The third-order valence-electron chi connectivity index (χ3n) is 2.23. The zero-order valence-electron chi connectivity index (χ0n) is 10.3. The van der Waals surface area contributed by atoms with Gasteiger partial charge in [0.05, 0.1) is 0 Å². The van der Waals surface area contributed by atoms with Crippen LogP contribution < -0.4 is 0 Å². The summed E-state index contributed by atoms with van der Waals surface area (Å²) >= 11 is 0. The van der Waals surface area contributed by atoms with Crippen LogP contribution in [0.15, 0.2) is 0 Å². The number of nitrogens with zero attached hydrogens (tertiary/aromatic N) is 2. The van der Waals surface area contributed by atoms with E-state index in [4.69, 9.17) is 5.11 Å². The second kappa shape index (κ2) is 7.07. The lowest BCUT2D eigenvalue weighted by molar-refractivity contribution is -0.140. The molecule has 106 valence electrons. The largest absolute Gasteiger partial charge is 0.481 e. The molecule has 0 aromatic heterocycles. The van der Waals surface area contributed by atoms with E-state index in [1.54, 1.807) is 0 Å². The van der Waals surface area contributed by atoms with Gasteiger partial charge in [-0.3, -0.25) is 4.79 Å². The fraction of sp³-hybridized carbons (Fsp3) is 0.800. The van der Waals surface area contributed by atoms with Gasteiger partial charge in [-0.05, 0) is 13.3 Å². The van der Waals surface area contributed by atoms with E-state index < -0.39 is 24.7 Å². The lowest BCUT2D eigenvalue weighted by Gasteiger charge is -2.27. The second-order valence-corrected chi connectivity index (χ2v) is 3.83. The molecule has 8 heteroatoms. The average molecular weight is 270 g/mol. The number of hydrogen-bond acceptors (Lipinski definition) is 2. The molecule has 0 aliphatic rings. The Labute approximate surface area is 103 Å². The highest BCUT2D eigenvalue weighted by atomic mass is 19.4. The third kappa shape index (κ3) is 6.97. The summed E-state index contributed by atoms with van der Waals surface area (Å²) in [6, 6.07) is -0.750. The molecular weight excluding hydrogens is 253 g/mol. The molecule has 0 rings (SSSR count). The summed E-state index contributed by atoms with van der Waals surface area (Å²) in [5, 5.41) is 8.41. The molecule has 0 heterocycles. The minimum atomic E-state index is -4.44. The third-order valence-corrected chi connectivity index (χ3v) is 2.23. The topological polar surface area (TPSA) is 60.9 Å². The summed E-state index contributed by atoms with van der Waals surface area (Å²) in [5.41, 5.74) is 0. The maximum absolute atomic E-state index is 12.2. The number of amides is 2. The van der Waals surface area contributed by atoms with Gasteiger partial charge in [-0.1, -0.05) is 0 Å². The van der Waals surface area contributed by atoms with E-state index in [1.807, 2.05) is 0 Å². The van der Waals surface area contributed by atoms with Gasteiger partial charge < -0.3 is 14.9 Å². The highest BCUT2D eigenvalue weighted by Gasteiger charge is 2.33. The van der Waals surface area contributed by atoms with Gasteiger partial charge in [-0.25, -0.2) is 4.79 Å². The van der Waals surface area contributed by atoms with Crippen molar-refractivity contribution in [2.75, 3.05) is 26.7 Å². The summed E-state index contributed by atoms with van der Waals surface area (Å²) in [7, 11) is 1.35. The molecule has 0 radical (unpaired) electrons. The molecule has 0 aliphatic heterocycles. The normalized spacial score (nSPS) is 11.2. The SMILES string of the molecule is CCN(CC(F)(F)F)C(=O)N(C)CCCC(=O)O. The van der Waals surface area contributed by atoms with Crippen molar-refractivity contribution in [3.63, 3.8) is 0 Å². The fourth-order valence-corrected chi connectivity index (χ4v) is 1.34. The lowest BCUT2D eigenvalue weighted by atomic mass is 10.3. The fourth-order valence-electron chi connectivity index (χ4n) is 1.34. The lowest BCUT2D eigenvalue weighted by Crippen LogP contribution is -2.45. The molecule has 2 amide bonds. The van der Waals surface area contributed by atoms with Crippen LogP contribution in [0, 0.1) is 0 Å². The molecule has 18 heavy (non-hydrogen) atoms. The van der Waals surface area contributed by atoms with Crippen LogP contribution in [0.2, 0.25) is 0 Å². The van der Waals surface area contributed by atoms with Gasteiger partial charge in [0.25, 0.3) is 0 Å². The minimum Gasteiger partial charge on any atom is -0.481 e. The Morgan fingerprint density at radius 3 is 2.22 bits per heavy atom. The van der Waals surface area contributed by atoms with E-state index in [0.29, 0.717) is 4.90 Å². The molecule has 1 N–H and O–H groups in total. The first kappa shape index (κ1) is 16.5. The predicted octanol–water partition coefficient (Wildman–Crippen LogP) is 1.79. The molecule has 0 saturated heterocycles. The van der Waals surface area contributed by atoms with Crippen molar-refractivity contribution in [2.45, 2.75) is 25.9 Å². The van der Waals surface area contributed by atoms with Crippen molar-refractivity contribution in [1.82, 2.24) is 9.80 Å². The molecule has 0 aromatic rings. The van der Waals surface area contributed by atoms with Crippen LogP contribution in [0.5, 0.6) is 0 Å². The Kier molecular flexibility index (Phi) is 6.50. The molecule has 5 nitrogen and oxygen atoms in total. The highest BCUT2D eigenvalue weighted by Crippen LogP contribution is 2.17. The highest BCUT2D eigenvalue weighted by molar-refractivity contribution is 5.74. The molecule has 0 spiro atoms. The first-order chi connectivity index (χ1) is 8.17. The zero-order chi connectivity index (χ0) is 14.3. The summed E-state index contributed by atoms with van der Waals surface area (Å²) < 4.78 is 36.6. The Bertz CT molecular complexity index is 295. The molecule has 0 unspecified atom stereocenters. The number of aliphatic carboxylic acids is 1. The first-order valence-corrected chi connectivity index (χ1v) is 5.46. The monoisotopic (exact) mass is 270 g/mol. The number of alkyl halides is 3. The maximum atomic E-state index is 12.2. The van der Waals surface area contributed by atoms with Gasteiger partial charge in [0, 0.05) is 26.6 Å². The van der Waals surface area contributed by atoms with E-state index >= 15 is 0 Å². The van der Waals surface area contributed by atoms with Crippen molar-refractivity contribution < 1.29 is 27.9 Å². The van der Waals surface area contributed by atoms with Crippen LogP contribution in [0.25, 0.3) is 0 Å². The van der Waals surface area contributed by atoms with Gasteiger partial charge in [0.2, 0.25) is 0 Å². The van der Waals surface area contributed by atoms with Gasteiger partial charge >= 0.3 is 18.2 Å². The Morgan fingerprint density at radius 1 is 1.28 bits per heavy atom. The Hall–Kier alpha value is -1.47. The number of carboxylic acid groups (broad SMARTS) is 1. The van der Waals surface area contributed by atoms with E-state index in [1.165, 1.54) is 14.0 Å². The van der Waals surface area contributed by atoms with Crippen molar-refractivity contribution >= 4 is 12.0 Å². The quantitative estimate of drug-likeness (QED) is 0.800. The Morgan fingerprint density at radius 2 is 1.83 bits per heavy atom. The number of carbonyl (C=O) groups is 2. The molecule has 0 aromatic carbocycles. The number of carboxylic acids is 1. The smallest absolute Gasteiger partial charge is 0.406 e. The number of rotatable bonds is 6. The van der Waals surface area contributed by atoms with E-state index in [2.05, 4.69) is 0 Å². The Balaban J connectivity index is 4.27. The zero-order valence-corrected chi connectivity index (χ0v) is 10.3. The van der Waals surface area contributed by atoms with Crippen LogP contribution in [0.4, 0.5) is 18.0 Å². The molecule has 0 bridgehead atoms. The summed E-state index contributed by atoms with van der Waals surface area (Å²) in [4.78, 5) is 23.7. The molecule has 0 saturated carbocycles. The van der Waals surface area contributed by atoms with E-state index in [0.717, 1.165) is 4.90 Å². The van der Waals surface area contributed by atoms with E-state index in [9.17, 15) is 22.8 Å². The summed E-state index contributed by atoms with van der Waals surface area (Å²) in [5.74, 6) is -1.00. The molecular formula is C10H17F3N2O3. The molecule has 0 aliphatic carbocycles. The number of urea groups is 1. The van der Waals surface area contributed by atoms with Crippen LogP contribution in [-0.4, -0.2) is 59.8 Å². The van der Waals surface area contributed by atoms with Crippen LogP contribution in [0.3, 0.4) is 0 Å². The first-order valence-electron chi connectivity index (χ1n) is 5.46. The van der Waals surface area contributed by atoms with Gasteiger partial charge in [-0.2, -0.15) is 13.2 Å². The van der Waals surface area contributed by atoms with Crippen molar-refractivity contribution in [2.24, 2.45) is 0 Å². The average Bonchev–Trinajstić information content (AvgIpc) is 2.23. The van der Waals surface area contributed by atoms with Crippen molar-refractivity contribution in [3.8, 4) is 0 Å². The molecule has 0 atom stereocenters. The minimum absolute atomic E-state index is 0.0540. The van der Waals surface area contributed by atoms with Crippen molar-refractivity contribution in [3.05, 3.63) is 0 Å².